The SMILES string of the molecule is COC(=O)COc1ccc(CNCC2CNCC2O)cc1[N+](=O)[O-]. The van der Waals surface area contributed by atoms with Crippen molar-refractivity contribution in [2.24, 2.45) is 5.92 Å². The number of rotatable bonds is 8. The zero-order chi connectivity index (χ0) is 17.5. The number of methoxy groups -OCH3 is 1. The Morgan fingerprint density at radius 2 is 2.29 bits per heavy atom. The van der Waals surface area contributed by atoms with E-state index in [1.807, 2.05) is 0 Å². The summed E-state index contributed by atoms with van der Waals surface area (Å²) in [7, 11) is 1.21. The molecule has 0 amide bonds. The summed E-state index contributed by atoms with van der Waals surface area (Å²) >= 11 is 0. The van der Waals surface area contributed by atoms with Gasteiger partial charge in [0.25, 0.3) is 0 Å². The number of nitro benzene ring substituents is 1. The van der Waals surface area contributed by atoms with Crippen molar-refractivity contribution < 1.29 is 24.3 Å². The molecule has 9 nitrogen and oxygen atoms in total. The molecule has 9 heteroatoms. The number of benzene rings is 1. The molecule has 24 heavy (non-hydrogen) atoms. The summed E-state index contributed by atoms with van der Waals surface area (Å²) < 4.78 is 9.57. The largest absolute Gasteiger partial charge is 0.475 e. The van der Waals surface area contributed by atoms with Gasteiger partial charge >= 0.3 is 11.7 Å². The van der Waals surface area contributed by atoms with E-state index in [0.717, 1.165) is 6.54 Å². The van der Waals surface area contributed by atoms with Crippen molar-refractivity contribution in [3.05, 3.63) is 33.9 Å². The van der Waals surface area contributed by atoms with Gasteiger partial charge in [0.1, 0.15) is 0 Å². The molecule has 1 saturated heterocycles. The van der Waals surface area contributed by atoms with Gasteiger partial charge in [0.05, 0.1) is 18.1 Å². The van der Waals surface area contributed by atoms with Crippen LogP contribution in [0.4, 0.5) is 5.69 Å². The molecule has 2 rings (SSSR count). The van der Waals surface area contributed by atoms with Gasteiger partial charge in [0.2, 0.25) is 0 Å². The maximum Gasteiger partial charge on any atom is 0.343 e. The summed E-state index contributed by atoms with van der Waals surface area (Å²) in [6.45, 7) is 1.99. The molecule has 0 radical (unpaired) electrons. The quantitative estimate of drug-likeness (QED) is 0.338. The lowest BCUT2D eigenvalue weighted by Gasteiger charge is -2.14. The van der Waals surface area contributed by atoms with Gasteiger partial charge in [-0.2, -0.15) is 0 Å². The van der Waals surface area contributed by atoms with Crippen molar-refractivity contribution in [3.8, 4) is 5.75 Å². The van der Waals surface area contributed by atoms with Crippen LogP contribution in [0.25, 0.3) is 0 Å². The maximum atomic E-state index is 11.2. The molecule has 1 aliphatic rings. The van der Waals surface area contributed by atoms with Crippen LogP contribution < -0.4 is 15.4 Å². The number of aliphatic hydroxyl groups is 1. The first-order chi connectivity index (χ1) is 11.5. The average Bonchev–Trinajstić information content (AvgIpc) is 2.98. The molecule has 0 aromatic heterocycles. The fourth-order valence-electron chi connectivity index (χ4n) is 2.46. The lowest BCUT2D eigenvalue weighted by molar-refractivity contribution is -0.385. The first kappa shape index (κ1) is 18.1. The second-order valence-electron chi connectivity index (χ2n) is 5.54. The minimum Gasteiger partial charge on any atom is -0.475 e. The van der Waals surface area contributed by atoms with E-state index in [4.69, 9.17) is 4.74 Å². The Balaban J connectivity index is 1.94. The van der Waals surface area contributed by atoms with Crippen molar-refractivity contribution in [3.63, 3.8) is 0 Å². The Kier molecular flexibility index (Phi) is 6.47. The molecule has 132 valence electrons. The van der Waals surface area contributed by atoms with Crippen LogP contribution in [0.2, 0.25) is 0 Å². The molecule has 2 unspecified atom stereocenters. The Morgan fingerprint density at radius 3 is 2.92 bits per heavy atom. The fraction of sp³-hybridized carbons (Fsp3) is 0.533. The predicted molar refractivity (Wildman–Crippen MR) is 84.7 cm³/mol. The van der Waals surface area contributed by atoms with Crippen LogP contribution in [0.1, 0.15) is 5.56 Å². The van der Waals surface area contributed by atoms with Crippen LogP contribution in [-0.2, 0) is 16.1 Å². The molecule has 3 N–H and O–H groups in total. The van der Waals surface area contributed by atoms with Crippen molar-refractivity contribution in [2.45, 2.75) is 12.6 Å². The lowest BCUT2D eigenvalue weighted by atomic mass is 10.1. The highest BCUT2D eigenvalue weighted by Crippen LogP contribution is 2.28. The van der Waals surface area contributed by atoms with Crippen molar-refractivity contribution in [2.75, 3.05) is 33.4 Å². The number of nitrogens with zero attached hydrogens (tertiary/aromatic N) is 1. The third kappa shape index (κ3) is 4.88. The van der Waals surface area contributed by atoms with E-state index < -0.39 is 10.9 Å². The van der Waals surface area contributed by atoms with Crippen LogP contribution in [0.3, 0.4) is 0 Å². The number of ether oxygens (including phenoxy) is 2. The highest BCUT2D eigenvalue weighted by atomic mass is 16.6. The summed E-state index contributed by atoms with van der Waals surface area (Å²) in [6.07, 6.45) is -0.374. The van der Waals surface area contributed by atoms with Gasteiger partial charge in [-0.1, -0.05) is 6.07 Å². The second kappa shape index (κ2) is 8.57. The van der Waals surface area contributed by atoms with E-state index in [1.165, 1.54) is 19.2 Å². The van der Waals surface area contributed by atoms with Crippen molar-refractivity contribution in [1.82, 2.24) is 10.6 Å². The molecule has 0 bridgehead atoms. The Labute approximate surface area is 139 Å². The average molecular weight is 339 g/mol. The number of carbonyl (C=O) groups excluding carboxylic acids is 1. The van der Waals surface area contributed by atoms with Gasteiger partial charge in [-0.05, 0) is 11.6 Å². The number of aliphatic hydroxyl groups excluding tert-OH is 1. The van der Waals surface area contributed by atoms with Crippen LogP contribution in [-0.4, -0.2) is 55.5 Å². The van der Waals surface area contributed by atoms with Crippen molar-refractivity contribution >= 4 is 11.7 Å². The zero-order valence-electron chi connectivity index (χ0n) is 13.4. The summed E-state index contributed by atoms with van der Waals surface area (Å²) in [4.78, 5) is 21.7. The van der Waals surface area contributed by atoms with Crippen LogP contribution in [0.15, 0.2) is 18.2 Å². The maximum absolute atomic E-state index is 11.2. The summed E-state index contributed by atoms with van der Waals surface area (Å²) in [5.41, 5.74) is 0.508. The summed E-state index contributed by atoms with van der Waals surface area (Å²) in [5.74, 6) is -0.467. The fourth-order valence-corrected chi connectivity index (χ4v) is 2.46. The van der Waals surface area contributed by atoms with Gasteiger partial charge in [-0.15, -0.1) is 0 Å². The highest BCUT2D eigenvalue weighted by Gasteiger charge is 2.24. The molecule has 2 atom stereocenters. The van der Waals surface area contributed by atoms with Crippen LogP contribution >= 0.6 is 0 Å². The minimum absolute atomic E-state index is 0.0181. The molecule has 0 aliphatic carbocycles. The predicted octanol–water partition coefficient (Wildman–Crippen LogP) is -0.183. The van der Waals surface area contributed by atoms with Gasteiger partial charge in [-0.3, -0.25) is 10.1 Å². The van der Waals surface area contributed by atoms with E-state index >= 15 is 0 Å². The monoisotopic (exact) mass is 339 g/mol. The van der Waals surface area contributed by atoms with Crippen molar-refractivity contribution in [1.29, 1.82) is 0 Å². The first-order valence-electron chi connectivity index (χ1n) is 7.57. The highest BCUT2D eigenvalue weighted by molar-refractivity contribution is 5.71. The number of carbonyl (C=O) groups is 1. The summed E-state index contributed by atoms with van der Waals surface area (Å²) in [6, 6.07) is 4.56. The van der Waals surface area contributed by atoms with E-state index in [0.29, 0.717) is 25.2 Å². The number of hydrogen-bond acceptors (Lipinski definition) is 8. The smallest absolute Gasteiger partial charge is 0.343 e. The van der Waals surface area contributed by atoms with E-state index in [2.05, 4.69) is 15.4 Å². The van der Waals surface area contributed by atoms with Gasteiger partial charge in [0, 0.05) is 38.2 Å². The lowest BCUT2D eigenvalue weighted by Crippen LogP contribution is -2.30. The topological polar surface area (TPSA) is 123 Å². The first-order valence-corrected chi connectivity index (χ1v) is 7.57. The number of nitro groups is 1. The molecule has 1 aromatic rings. The molecule has 0 saturated carbocycles. The van der Waals surface area contributed by atoms with Crippen LogP contribution in [0.5, 0.6) is 5.75 Å². The molecular formula is C15H21N3O6. The van der Waals surface area contributed by atoms with Gasteiger partial charge < -0.3 is 25.2 Å². The van der Waals surface area contributed by atoms with E-state index in [1.54, 1.807) is 6.07 Å². The Morgan fingerprint density at radius 1 is 1.50 bits per heavy atom. The second-order valence-corrected chi connectivity index (χ2v) is 5.54. The summed E-state index contributed by atoms with van der Waals surface area (Å²) in [5, 5.41) is 27.2. The molecule has 1 aliphatic heterocycles. The van der Waals surface area contributed by atoms with E-state index in [9.17, 15) is 20.0 Å². The number of hydrogen-bond donors (Lipinski definition) is 3. The third-order valence-electron chi connectivity index (χ3n) is 3.83. The molecule has 1 aromatic carbocycles. The number of β-amino-alcohol motifs (C(OH)–C–C–N with tert-alkyl or cyclic N) is 1. The minimum atomic E-state index is -0.612. The Hall–Kier alpha value is -2.23. The van der Waals surface area contributed by atoms with E-state index in [-0.39, 0.29) is 30.1 Å². The van der Waals surface area contributed by atoms with Crippen LogP contribution in [0, 0.1) is 16.0 Å². The third-order valence-corrected chi connectivity index (χ3v) is 3.83. The molecular weight excluding hydrogens is 318 g/mol. The molecule has 0 spiro atoms. The number of esters is 1. The zero-order valence-corrected chi connectivity index (χ0v) is 13.4. The molecule has 1 fully saturated rings. The molecule has 1 heterocycles. The standard InChI is InChI=1S/C15H21N3O6/c1-23-15(20)9-24-14-3-2-10(4-12(14)18(21)22)5-16-6-11-7-17-8-13(11)19/h2-4,11,13,16-17,19H,5-9H2,1H3. The Bertz CT molecular complexity index is 595. The van der Waals surface area contributed by atoms with Gasteiger partial charge in [-0.25, -0.2) is 4.79 Å². The normalized spacial score (nSPS) is 19.9. The van der Waals surface area contributed by atoms with Gasteiger partial charge in [0.15, 0.2) is 12.4 Å². The number of nitrogens with one attached hydrogen (secondary N) is 2.